The van der Waals surface area contributed by atoms with Gasteiger partial charge in [-0.25, -0.2) is 0 Å². The van der Waals surface area contributed by atoms with Crippen molar-refractivity contribution in [3.05, 3.63) is 63.3 Å². The fraction of sp³-hybridized carbons (Fsp3) is 0.214. The molecule has 0 fully saturated rings. The molecule has 20 heavy (non-hydrogen) atoms. The van der Waals surface area contributed by atoms with Crippen LogP contribution in [0.25, 0.3) is 0 Å². The number of amides is 1. The minimum absolute atomic E-state index is 0.00976. The first-order valence-corrected chi connectivity index (χ1v) is 6.52. The van der Waals surface area contributed by atoms with Gasteiger partial charge in [0.05, 0.1) is 5.02 Å². The van der Waals surface area contributed by atoms with Crippen LogP contribution in [0.1, 0.15) is 22.8 Å². The van der Waals surface area contributed by atoms with Crippen molar-refractivity contribution in [2.24, 2.45) is 0 Å². The summed E-state index contributed by atoms with van der Waals surface area (Å²) in [5, 5.41) is 3.08. The van der Waals surface area contributed by atoms with Gasteiger partial charge < -0.3 is 10.3 Å². The molecule has 2 aromatic heterocycles. The van der Waals surface area contributed by atoms with Crippen molar-refractivity contribution in [3.63, 3.8) is 0 Å². The highest BCUT2D eigenvalue weighted by Gasteiger charge is 2.14. The van der Waals surface area contributed by atoms with E-state index in [1.807, 2.05) is 19.1 Å². The van der Waals surface area contributed by atoms with E-state index >= 15 is 0 Å². The van der Waals surface area contributed by atoms with E-state index in [1.165, 1.54) is 12.3 Å². The molecule has 0 saturated heterocycles. The van der Waals surface area contributed by atoms with Crippen molar-refractivity contribution in [2.75, 3.05) is 0 Å². The number of pyridine rings is 2. The van der Waals surface area contributed by atoms with Crippen LogP contribution < -0.4 is 10.9 Å². The summed E-state index contributed by atoms with van der Waals surface area (Å²) < 4.78 is 0. The Balaban J connectivity index is 2.04. The lowest BCUT2D eigenvalue weighted by atomic mass is 10.1. The summed E-state index contributed by atoms with van der Waals surface area (Å²) in [5.74, 6) is -0.440. The van der Waals surface area contributed by atoms with E-state index in [2.05, 4.69) is 15.3 Å². The van der Waals surface area contributed by atoms with Crippen LogP contribution in [0.2, 0.25) is 5.02 Å². The second-order valence-corrected chi connectivity index (χ2v) is 4.94. The van der Waals surface area contributed by atoms with Gasteiger partial charge in [0.25, 0.3) is 11.5 Å². The van der Waals surface area contributed by atoms with Crippen molar-refractivity contribution < 1.29 is 4.79 Å². The molecule has 0 spiro atoms. The SMILES string of the molecule is C[C@@H](Cc1cccnc1)NC(=O)c1cc(Cl)c[nH]c1=O. The zero-order valence-corrected chi connectivity index (χ0v) is 11.6. The lowest BCUT2D eigenvalue weighted by Crippen LogP contribution is -2.37. The lowest BCUT2D eigenvalue weighted by molar-refractivity contribution is 0.0938. The molecule has 0 saturated carbocycles. The highest BCUT2D eigenvalue weighted by molar-refractivity contribution is 6.30. The summed E-state index contributed by atoms with van der Waals surface area (Å²) in [5.41, 5.74) is 0.566. The maximum atomic E-state index is 12.0. The van der Waals surface area contributed by atoms with Gasteiger partial charge in [-0.15, -0.1) is 0 Å². The maximum Gasteiger partial charge on any atom is 0.260 e. The van der Waals surface area contributed by atoms with E-state index in [-0.39, 0.29) is 11.6 Å². The number of halogens is 1. The lowest BCUT2D eigenvalue weighted by Gasteiger charge is -2.13. The van der Waals surface area contributed by atoms with Crippen LogP contribution in [0.15, 0.2) is 41.6 Å². The first kappa shape index (κ1) is 14.3. The fourth-order valence-corrected chi connectivity index (χ4v) is 2.01. The van der Waals surface area contributed by atoms with E-state index in [4.69, 9.17) is 11.6 Å². The average Bonchev–Trinajstić information content (AvgIpc) is 2.42. The third kappa shape index (κ3) is 3.68. The first-order chi connectivity index (χ1) is 9.56. The largest absolute Gasteiger partial charge is 0.349 e. The highest BCUT2D eigenvalue weighted by Crippen LogP contribution is 2.06. The van der Waals surface area contributed by atoms with Gasteiger partial charge in [-0.3, -0.25) is 14.6 Å². The minimum atomic E-state index is -0.458. The predicted molar refractivity (Wildman–Crippen MR) is 76.9 cm³/mol. The molecular formula is C14H14ClN3O2. The Kier molecular flexibility index (Phi) is 4.53. The number of aromatic amines is 1. The maximum absolute atomic E-state index is 12.0. The summed E-state index contributed by atoms with van der Waals surface area (Å²) in [4.78, 5) is 30.0. The summed E-state index contributed by atoms with van der Waals surface area (Å²) >= 11 is 5.77. The van der Waals surface area contributed by atoms with Gasteiger partial charge >= 0.3 is 0 Å². The van der Waals surface area contributed by atoms with Crippen LogP contribution in [0.3, 0.4) is 0 Å². The number of carbonyl (C=O) groups is 1. The van der Waals surface area contributed by atoms with Crippen molar-refractivity contribution in [2.45, 2.75) is 19.4 Å². The molecule has 0 aromatic carbocycles. The quantitative estimate of drug-likeness (QED) is 0.902. The number of H-pyrrole nitrogens is 1. The normalized spacial score (nSPS) is 11.9. The predicted octanol–water partition coefficient (Wildman–Crippen LogP) is 1.78. The summed E-state index contributed by atoms with van der Waals surface area (Å²) in [6, 6.07) is 5.00. The molecule has 2 rings (SSSR count). The van der Waals surface area contributed by atoms with Gasteiger partial charge in [-0.05, 0) is 31.0 Å². The number of nitrogens with one attached hydrogen (secondary N) is 2. The topological polar surface area (TPSA) is 74.8 Å². The van der Waals surface area contributed by atoms with E-state index in [1.54, 1.807) is 12.4 Å². The number of hydrogen-bond donors (Lipinski definition) is 2. The van der Waals surface area contributed by atoms with Crippen LogP contribution in [-0.2, 0) is 6.42 Å². The standard InChI is InChI=1S/C14H14ClN3O2/c1-9(5-10-3-2-4-16-7-10)18-14(20)12-6-11(15)8-17-13(12)19/h2-4,6-9H,5H2,1H3,(H,17,19)(H,18,20)/t9-/m0/s1. The molecule has 0 aliphatic heterocycles. The monoisotopic (exact) mass is 291 g/mol. The van der Waals surface area contributed by atoms with Gasteiger partial charge in [-0.1, -0.05) is 17.7 Å². The number of hydrogen-bond acceptors (Lipinski definition) is 3. The Labute approximate surface area is 121 Å². The number of rotatable bonds is 4. The molecule has 1 amide bonds. The van der Waals surface area contributed by atoms with E-state index in [0.29, 0.717) is 11.4 Å². The third-order valence-corrected chi connectivity index (χ3v) is 2.97. The van der Waals surface area contributed by atoms with E-state index < -0.39 is 11.5 Å². The van der Waals surface area contributed by atoms with Gasteiger partial charge in [-0.2, -0.15) is 0 Å². The molecule has 0 radical (unpaired) electrons. The van der Waals surface area contributed by atoms with Gasteiger partial charge in [0.15, 0.2) is 0 Å². The van der Waals surface area contributed by atoms with E-state index in [9.17, 15) is 9.59 Å². The average molecular weight is 292 g/mol. The van der Waals surface area contributed by atoms with Crippen molar-refractivity contribution in [1.82, 2.24) is 15.3 Å². The van der Waals surface area contributed by atoms with Crippen LogP contribution in [0.4, 0.5) is 0 Å². The molecule has 0 aliphatic rings. The molecule has 2 heterocycles. The Morgan fingerprint density at radius 2 is 2.35 bits per heavy atom. The summed E-state index contributed by atoms with van der Waals surface area (Å²) in [6.07, 6.45) is 5.42. The molecule has 6 heteroatoms. The molecule has 2 aromatic rings. The van der Waals surface area contributed by atoms with Gasteiger partial charge in [0.1, 0.15) is 5.56 Å². The third-order valence-electron chi connectivity index (χ3n) is 2.75. The highest BCUT2D eigenvalue weighted by atomic mass is 35.5. The molecule has 2 N–H and O–H groups in total. The van der Waals surface area contributed by atoms with Gasteiger partial charge in [0.2, 0.25) is 0 Å². The van der Waals surface area contributed by atoms with Crippen molar-refractivity contribution in [3.8, 4) is 0 Å². The molecule has 5 nitrogen and oxygen atoms in total. The molecular weight excluding hydrogens is 278 g/mol. The first-order valence-electron chi connectivity index (χ1n) is 6.14. The van der Waals surface area contributed by atoms with Gasteiger partial charge in [0, 0.05) is 24.6 Å². The molecule has 1 atom stereocenters. The molecule has 0 unspecified atom stereocenters. The number of aromatic nitrogens is 2. The van der Waals surface area contributed by atoms with Crippen LogP contribution >= 0.6 is 11.6 Å². The Hall–Kier alpha value is -2.14. The summed E-state index contributed by atoms with van der Waals surface area (Å²) in [7, 11) is 0. The van der Waals surface area contributed by atoms with Crippen molar-refractivity contribution >= 4 is 17.5 Å². The Morgan fingerprint density at radius 3 is 3.05 bits per heavy atom. The number of nitrogens with zero attached hydrogens (tertiary/aromatic N) is 1. The fourth-order valence-electron chi connectivity index (χ4n) is 1.85. The number of carbonyl (C=O) groups excluding carboxylic acids is 1. The zero-order valence-electron chi connectivity index (χ0n) is 10.9. The zero-order chi connectivity index (χ0) is 14.5. The van der Waals surface area contributed by atoms with Crippen LogP contribution in [0, 0.1) is 0 Å². The second kappa shape index (κ2) is 6.34. The minimum Gasteiger partial charge on any atom is -0.349 e. The van der Waals surface area contributed by atoms with Crippen molar-refractivity contribution in [1.29, 1.82) is 0 Å². The second-order valence-electron chi connectivity index (χ2n) is 4.50. The molecule has 104 valence electrons. The summed E-state index contributed by atoms with van der Waals surface area (Å²) in [6.45, 7) is 1.86. The molecule has 0 aliphatic carbocycles. The van der Waals surface area contributed by atoms with E-state index in [0.717, 1.165) is 5.56 Å². The van der Waals surface area contributed by atoms with Crippen LogP contribution in [-0.4, -0.2) is 21.9 Å². The van der Waals surface area contributed by atoms with Crippen LogP contribution in [0.5, 0.6) is 0 Å². The smallest absolute Gasteiger partial charge is 0.260 e. The Morgan fingerprint density at radius 1 is 1.55 bits per heavy atom. The molecule has 0 bridgehead atoms. The Bertz CT molecular complexity index is 655.